The maximum absolute atomic E-state index is 12.1. The number of amidine groups is 1. The largest absolute Gasteiger partial charge is 0.384 e. The van der Waals surface area contributed by atoms with Gasteiger partial charge in [0, 0.05) is 12.7 Å². The zero-order valence-corrected chi connectivity index (χ0v) is 12.4. The number of rotatable bonds is 8. The Morgan fingerprint density at radius 3 is 2.75 bits per heavy atom. The molecule has 1 atom stereocenters. The van der Waals surface area contributed by atoms with Gasteiger partial charge in [0.1, 0.15) is 5.84 Å². The number of hydrogen-bond acceptors (Lipinski definition) is 5. The Balaban J connectivity index is 2.69. The highest BCUT2D eigenvalue weighted by Gasteiger charge is 2.16. The van der Waals surface area contributed by atoms with Crippen LogP contribution < -0.4 is 5.73 Å². The summed E-state index contributed by atoms with van der Waals surface area (Å²) in [6.07, 6.45) is -0.154. The highest BCUT2D eigenvalue weighted by Crippen LogP contribution is 2.13. The van der Waals surface area contributed by atoms with Crippen molar-refractivity contribution in [3.63, 3.8) is 0 Å². The third kappa shape index (κ3) is 4.92. The summed E-state index contributed by atoms with van der Waals surface area (Å²) in [5.74, 6) is -0.283. The first-order valence-electron chi connectivity index (χ1n) is 6.14. The number of nitrogens with two attached hydrogens (primary N) is 1. The fourth-order valence-electron chi connectivity index (χ4n) is 1.62. The molecule has 3 N–H and O–H groups in total. The van der Waals surface area contributed by atoms with Crippen LogP contribution in [0.15, 0.2) is 29.2 Å². The summed E-state index contributed by atoms with van der Waals surface area (Å²) in [4.78, 5) is 0.146. The van der Waals surface area contributed by atoms with E-state index in [0.29, 0.717) is 12.2 Å². The fraction of sp³-hybridized carbons (Fsp3) is 0.462. The van der Waals surface area contributed by atoms with Crippen molar-refractivity contribution in [3.8, 4) is 0 Å². The molecule has 0 aromatic heterocycles. The molecule has 7 heteroatoms. The Hall–Kier alpha value is -1.44. The molecule has 0 aliphatic carbocycles. The predicted octanol–water partition coefficient (Wildman–Crippen LogP) is 0.796. The summed E-state index contributed by atoms with van der Waals surface area (Å²) in [7, 11) is -1.89. The molecule has 0 spiro atoms. The SMILES string of the molecule is COCC(C)OCCS(=O)(=O)c1cccc(C(=N)N)c1. The average molecular weight is 300 g/mol. The van der Waals surface area contributed by atoms with Gasteiger partial charge in [0.05, 0.1) is 30.0 Å². The second-order valence-electron chi connectivity index (χ2n) is 4.40. The monoisotopic (exact) mass is 300 g/mol. The standard InChI is InChI=1S/C13H20N2O4S/c1-10(9-18-2)19-6-7-20(16,17)12-5-3-4-11(8-12)13(14)15/h3-5,8,10H,6-7,9H2,1-2H3,(H3,14,15). The lowest BCUT2D eigenvalue weighted by Gasteiger charge is -2.12. The minimum Gasteiger partial charge on any atom is -0.384 e. The van der Waals surface area contributed by atoms with Crippen molar-refractivity contribution in [2.24, 2.45) is 5.73 Å². The van der Waals surface area contributed by atoms with Gasteiger partial charge < -0.3 is 15.2 Å². The average Bonchev–Trinajstić information content (AvgIpc) is 2.39. The van der Waals surface area contributed by atoms with Crippen molar-refractivity contribution >= 4 is 15.7 Å². The first kappa shape index (κ1) is 16.6. The van der Waals surface area contributed by atoms with Gasteiger partial charge in [-0.2, -0.15) is 0 Å². The van der Waals surface area contributed by atoms with E-state index in [1.165, 1.54) is 12.1 Å². The van der Waals surface area contributed by atoms with Gasteiger partial charge >= 0.3 is 0 Å². The summed E-state index contributed by atoms with van der Waals surface area (Å²) < 4.78 is 34.5. The molecule has 0 bridgehead atoms. The fourth-order valence-corrected chi connectivity index (χ4v) is 2.76. The van der Waals surface area contributed by atoms with Crippen LogP contribution in [0.1, 0.15) is 12.5 Å². The van der Waals surface area contributed by atoms with Crippen LogP contribution in [0.4, 0.5) is 0 Å². The molecule has 0 saturated heterocycles. The van der Waals surface area contributed by atoms with Gasteiger partial charge in [-0.1, -0.05) is 12.1 Å². The molecule has 112 valence electrons. The van der Waals surface area contributed by atoms with Crippen LogP contribution >= 0.6 is 0 Å². The summed E-state index contributed by atoms with van der Waals surface area (Å²) in [6, 6.07) is 6.05. The molecule has 1 aromatic rings. The maximum Gasteiger partial charge on any atom is 0.180 e. The number of nitrogens with one attached hydrogen (secondary N) is 1. The lowest BCUT2D eigenvalue weighted by atomic mass is 10.2. The maximum atomic E-state index is 12.1. The summed E-state index contributed by atoms with van der Waals surface area (Å²) >= 11 is 0. The Labute approximate surface area is 119 Å². The lowest BCUT2D eigenvalue weighted by Crippen LogP contribution is -2.20. The number of nitrogen functional groups attached to an aromatic ring is 1. The summed E-state index contributed by atoms with van der Waals surface area (Å²) in [5, 5.41) is 7.32. The normalized spacial score (nSPS) is 13.1. The first-order valence-corrected chi connectivity index (χ1v) is 7.80. The molecule has 0 heterocycles. The first-order chi connectivity index (χ1) is 9.36. The van der Waals surface area contributed by atoms with Crippen molar-refractivity contribution in [2.45, 2.75) is 17.9 Å². The van der Waals surface area contributed by atoms with E-state index in [9.17, 15) is 8.42 Å². The highest BCUT2D eigenvalue weighted by molar-refractivity contribution is 7.91. The molecule has 1 aromatic carbocycles. The molecule has 0 aliphatic heterocycles. The van der Waals surface area contributed by atoms with Gasteiger partial charge in [0.15, 0.2) is 9.84 Å². The van der Waals surface area contributed by atoms with E-state index in [4.69, 9.17) is 20.6 Å². The molecule has 0 saturated carbocycles. The minimum atomic E-state index is -3.44. The smallest absolute Gasteiger partial charge is 0.180 e. The van der Waals surface area contributed by atoms with Crippen molar-refractivity contribution < 1.29 is 17.9 Å². The Kier molecular flexibility index (Phi) is 6.12. The van der Waals surface area contributed by atoms with Crippen LogP contribution in [0, 0.1) is 5.41 Å². The third-order valence-electron chi connectivity index (χ3n) is 2.66. The third-order valence-corrected chi connectivity index (χ3v) is 4.34. The van der Waals surface area contributed by atoms with Gasteiger partial charge in [-0.3, -0.25) is 5.41 Å². The van der Waals surface area contributed by atoms with Crippen LogP contribution in [0.25, 0.3) is 0 Å². The Bertz CT molecular complexity index is 557. The van der Waals surface area contributed by atoms with E-state index in [2.05, 4.69) is 0 Å². The van der Waals surface area contributed by atoms with Gasteiger partial charge in [-0.25, -0.2) is 8.42 Å². The molecular formula is C13H20N2O4S. The van der Waals surface area contributed by atoms with E-state index in [1.54, 1.807) is 19.2 Å². The zero-order valence-electron chi connectivity index (χ0n) is 11.6. The van der Waals surface area contributed by atoms with Gasteiger partial charge in [-0.15, -0.1) is 0 Å². The Morgan fingerprint density at radius 1 is 1.45 bits per heavy atom. The van der Waals surface area contributed by atoms with E-state index in [-0.39, 0.29) is 29.2 Å². The molecule has 1 unspecified atom stereocenters. The van der Waals surface area contributed by atoms with Crippen molar-refractivity contribution in [1.29, 1.82) is 5.41 Å². The Morgan fingerprint density at radius 2 is 2.15 bits per heavy atom. The van der Waals surface area contributed by atoms with E-state index in [0.717, 1.165) is 0 Å². The number of benzene rings is 1. The van der Waals surface area contributed by atoms with Crippen LogP contribution in [-0.2, 0) is 19.3 Å². The molecule has 20 heavy (non-hydrogen) atoms. The van der Waals surface area contributed by atoms with E-state index in [1.807, 2.05) is 6.92 Å². The number of methoxy groups -OCH3 is 1. The minimum absolute atomic E-state index is 0.0944. The highest BCUT2D eigenvalue weighted by atomic mass is 32.2. The van der Waals surface area contributed by atoms with Gasteiger partial charge in [-0.05, 0) is 19.1 Å². The van der Waals surface area contributed by atoms with Crippen LogP contribution in [0.3, 0.4) is 0 Å². The van der Waals surface area contributed by atoms with Crippen molar-refractivity contribution in [2.75, 3.05) is 26.1 Å². The van der Waals surface area contributed by atoms with Crippen LogP contribution in [0.2, 0.25) is 0 Å². The number of hydrogen-bond donors (Lipinski definition) is 2. The second kappa shape index (κ2) is 7.37. The second-order valence-corrected chi connectivity index (χ2v) is 6.51. The van der Waals surface area contributed by atoms with Gasteiger partial charge in [0.25, 0.3) is 0 Å². The molecule has 0 amide bonds. The summed E-state index contributed by atoms with van der Waals surface area (Å²) in [6.45, 7) is 2.32. The van der Waals surface area contributed by atoms with Crippen LogP contribution in [-0.4, -0.2) is 46.4 Å². The molecule has 1 rings (SSSR count). The number of sulfone groups is 1. The van der Waals surface area contributed by atoms with Crippen molar-refractivity contribution in [1.82, 2.24) is 0 Å². The molecular weight excluding hydrogens is 280 g/mol. The zero-order chi connectivity index (χ0) is 15.2. The molecule has 0 fully saturated rings. The molecule has 0 aliphatic rings. The topological polar surface area (TPSA) is 102 Å². The van der Waals surface area contributed by atoms with E-state index >= 15 is 0 Å². The quantitative estimate of drug-likeness (QED) is 0.546. The lowest BCUT2D eigenvalue weighted by molar-refractivity contribution is 0.0163. The van der Waals surface area contributed by atoms with Crippen LogP contribution in [0.5, 0.6) is 0 Å². The number of ether oxygens (including phenoxy) is 2. The molecule has 6 nitrogen and oxygen atoms in total. The molecule has 0 radical (unpaired) electrons. The van der Waals surface area contributed by atoms with E-state index < -0.39 is 9.84 Å². The van der Waals surface area contributed by atoms with Gasteiger partial charge in [0.2, 0.25) is 0 Å². The predicted molar refractivity (Wildman–Crippen MR) is 76.8 cm³/mol. The summed E-state index contributed by atoms with van der Waals surface area (Å²) in [5.41, 5.74) is 5.74. The van der Waals surface area contributed by atoms with Crippen molar-refractivity contribution in [3.05, 3.63) is 29.8 Å².